The van der Waals surface area contributed by atoms with E-state index in [9.17, 15) is 4.39 Å². The van der Waals surface area contributed by atoms with E-state index in [2.05, 4.69) is 6.92 Å². The fraction of sp³-hybridized carbons (Fsp3) is 0.115. The van der Waals surface area contributed by atoms with Crippen LogP contribution in [0.4, 0.5) is 8.78 Å². The van der Waals surface area contributed by atoms with Gasteiger partial charge < -0.3 is 0 Å². The highest BCUT2D eigenvalue weighted by atomic mass is 19.1. The highest BCUT2D eigenvalue weighted by Crippen LogP contribution is 2.32. The fourth-order valence-corrected chi connectivity index (χ4v) is 3.65. The van der Waals surface area contributed by atoms with Gasteiger partial charge in [0.15, 0.2) is 0 Å². The number of rotatable bonds is 4. The lowest BCUT2D eigenvalue weighted by atomic mass is 9.96. The van der Waals surface area contributed by atoms with E-state index in [1.807, 2.05) is 24.3 Å². The van der Waals surface area contributed by atoms with Gasteiger partial charge in [-0.15, -0.1) is 0 Å². The minimum absolute atomic E-state index is 0.337. The first-order valence-electron chi connectivity index (χ1n) is 9.62. The molecule has 0 radical (unpaired) electrons. The highest BCUT2D eigenvalue weighted by Gasteiger charge is 2.13. The molecular formula is C26H19F2N. The zero-order chi connectivity index (χ0) is 20.4. The van der Waals surface area contributed by atoms with E-state index in [0.717, 1.165) is 18.2 Å². The minimum Gasteiger partial charge on any atom is -0.206 e. The summed E-state index contributed by atoms with van der Waals surface area (Å²) in [6.07, 6.45) is 2.00. The van der Waals surface area contributed by atoms with E-state index < -0.39 is 5.82 Å². The maximum atomic E-state index is 15.2. The van der Waals surface area contributed by atoms with Crippen LogP contribution in [0.25, 0.3) is 33.0 Å². The molecule has 142 valence electrons. The largest absolute Gasteiger partial charge is 0.206 e. The summed E-state index contributed by atoms with van der Waals surface area (Å²) in [6.45, 7) is 2.12. The van der Waals surface area contributed by atoms with E-state index in [-0.39, 0.29) is 5.82 Å². The van der Waals surface area contributed by atoms with Gasteiger partial charge in [-0.3, -0.25) is 0 Å². The summed E-state index contributed by atoms with van der Waals surface area (Å²) in [5, 5.41) is 10.3. The van der Waals surface area contributed by atoms with Gasteiger partial charge >= 0.3 is 0 Å². The van der Waals surface area contributed by atoms with Crippen LogP contribution in [0, 0.1) is 23.0 Å². The first-order valence-corrected chi connectivity index (χ1v) is 9.62. The van der Waals surface area contributed by atoms with Crippen LogP contribution in [0.3, 0.4) is 0 Å². The molecule has 4 rings (SSSR count). The molecule has 0 amide bonds. The van der Waals surface area contributed by atoms with Crippen LogP contribution in [-0.4, -0.2) is 0 Å². The van der Waals surface area contributed by atoms with E-state index >= 15 is 4.39 Å². The molecule has 1 nitrogen and oxygen atoms in total. The van der Waals surface area contributed by atoms with Crippen molar-refractivity contribution in [2.75, 3.05) is 0 Å². The van der Waals surface area contributed by atoms with Crippen LogP contribution >= 0.6 is 0 Å². The van der Waals surface area contributed by atoms with Crippen molar-refractivity contribution in [1.82, 2.24) is 0 Å². The molecule has 3 heteroatoms. The van der Waals surface area contributed by atoms with Crippen molar-refractivity contribution in [2.45, 2.75) is 19.8 Å². The van der Waals surface area contributed by atoms with Gasteiger partial charge in [-0.25, -0.2) is 8.78 Å². The zero-order valence-electron chi connectivity index (χ0n) is 16.0. The van der Waals surface area contributed by atoms with Crippen LogP contribution in [0.15, 0.2) is 72.8 Å². The topological polar surface area (TPSA) is 23.8 Å². The monoisotopic (exact) mass is 383 g/mol. The van der Waals surface area contributed by atoms with Crippen LogP contribution < -0.4 is 0 Å². The van der Waals surface area contributed by atoms with Gasteiger partial charge in [0.1, 0.15) is 11.6 Å². The number of hydrogen-bond acceptors (Lipinski definition) is 1. The molecule has 29 heavy (non-hydrogen) atoms. The highest BCUT2D eigenvalue weighted by molar-refractivity contribution is 5.89. The SMILES string of the molecule is CCCc1ccc2c(F)c(-c3ccc(-c4ccc(C#N)cc4)c(F)c3)ccc2c1. The summed E-state index contributed by atoms with van der Waals surface area (Å²) in [5.41, 5.74) is 3.68. The third-order valence-corrected chi connectivity index (χ3v) is 5.16. The number of aryl methyl sites for hydroxylation is 1. The normalized spacial score (nSPS) is 10.8. The second-order valence-corrected chi connectivity index (χ2v) is 7.12. The molecule has 4 aromatic carbocycles. The number of nitrogens with zero attached hydrogens (tertiary/aromatic N) is 1. The Kier molecular flexibility index (Phi) is 5.10. The molecule has 0 aliphatic rings. The van der Waals surface area contributed by atoms with Crippen LogP contribution in [-0.2, 0) is 6.42 Å². The summed E-state index contributed by atoms with van der Waals surface area (Å²) in [4.78, 5) is 0. The predicted octanol–water partition coefficient (Wildman–Crippen LogP) is 7.28. The van der Waals surface area contributed by atoms with E-state index in [4.69, 9.17) is 5.26 Å². The third kappa shape index (κ3) is 3.62. The summed E-state index contributed by atoms with van der Waals surface area (Å²) < 4.78 is 30.0. The summed E-state index contributed by atoms with van der Waals surface area (Å²) in [5.74, 6) is -0.763. The number of halogens is 2. The lowest BCUT2D eigenvalue weighted by Gasteiger charge is -2.10. The van der Waals surface area contributed by atoms with Gasteiger partial charge in [-0.2, -0.15) is 5.26 Å². The Morgan fingerprint density at radius 2 is 1.52 bits per heavy atom. The van der Waals surface area contributed by atoms with Crippen molar-refractivity contribution >= 4 is 10.8 Å². The maximum Gasteiger partial charge on any atom is 0.138 e. The molecule has 4 aromatic rings. The van der Waals surface area contributed by atoms with E-state index in [1.165, 1.54) is 11.6 Å². The summed E-state index contributed by atoms with van der Waals surface area (Å²) in [7, 11) is 0. The molecule has 0 aromatic heterocycles. The third-order valence-electron chi connectivity index (χ3n) is 5.16. The van der Waals surface area contributed by atoms with Crippen LogP contribution in [0.5, 0.6) is 0 Å². The first kappa shape index (κ1) is 18.8. The second kappa shape index (κ2) is 7.85. The quantitative estimate of drug-likeness (QED) is 0.363. The molecule has 0 atom stereocenters. The van der Waals surface area contributed by atoms with Crippen molar-refractivity contribution in [1.29, 1.82) is 5.26 Å². The smallest absolute Gasteiger partial charge is 0.138 e. The van der Waals surface area contributed by atoms with E-state index in [0.29, 0.717) is 33.2 Å². The van der Waals surface area contributed by atoms with Gasteiger partial charge in [-0.1, -0.05) is 67.9 Å². The fourth-order valence-electron chi connectivity index (χ4n) is 3.65. The summed E-state index contributed by atoms with van der Waals surface area (Å²) in [6, 6.07) is 22.9. The molecule has 0 saturated carbocycles. The average molecular weight is 383 g/mol. The maximum absolute atomic E-state index is 15.2. The number of hydrogen-bond donors (Lipinski definition) is 0. The molecule has 0 unspecified atom stereocenters. The molecule has 0 bridgehead atoms. The van der Waals surface area contributed by atoms with E-state index in [1.54, 1.807) is 48.5 Å². The zero-order valence-corrected chi connectivity index (χ0v) is 16.0. The Bertz CT molecular complexity index is 1230. The average Bonchev–Trinajstić information content (AvgIpc) is 2.74. The molecule has 0 aliphatic carbocycles. The van der Waals surface area contributed by atoms with Gasteiger partial charge in [0, 0.05) is 16.5 Å². The molecule has 0 heterocycles. The Balaban J connectivity index is 1.73. The lowest BCUT2D eigenvalue weighted by Crippen LogP contribution is -1.91. The Morgan fingerprint density at radius 3 is 2.21 bits per heavy atom. The lowest BCUT2D eigenvalue weighted by molar-refractivity contribution is 0.630. The van der Waals surface area contributed by atoms with Crippen molar-refractivity contribution in [2.24, 2.45) is 0 Å². The molecule has 0 spiro atoms. The van der Waals surface area contributed by atoms with Crippen molar-refractivity contribution in [3.8, 4) is 28.3 Å². The molecule has 0 aliphatic heterocycles. The first-order chi connectivity index (χ1) is 14.1. The van der Waals surface area contributed by atoms with Crippen LogP contribution in [0.1, 0.15) is 24.5 Å². The Labute approximate surface area is 168 Å². The van der Waals surface area contributed by atoms with Crippen molar-refractivity contribution in [3.63, 3.8) is 0 Å². The van der Waals surface area contributed by atoms with Gasteiger partial charge in [0.05, 0.1) is 11.6 Å². The van der Waals surface area contributed by atoms with Crippen molar-refractivity contribution in [3.05, 3.63) is 95.6 Å². The van der Waals surface area contributed by atoms with Crippen LogP contribution in [0.2, 0.25) is 0 Å². The number of fused-ring (bicyclic) bond motifs is 1. The number of nitriles is 1. The summed E-state index contributed by atoms with van der Waals surface area (Å²) >= 11 is 0. The predicted molar refractivity (Wildman–Crippen MR) is 113 cm³/mol. The van der Waals surface area contributed by atoms with Crippen molar-refractivity contribution < 1.29 is 8.78 Å². The minimum atomic E-state index is -0.426. The van der Waals surface area contributed by atoms with Gasteiger partial charge in [0.2, 0.25) is 0 Å². The second-order valence-electron chi connectivity index (χ2n) is 7.12. The Hall–Kier alpha value is -3.51. The molecule has 0 fully saturated rings. The Morgan fingerprint density at radius 1 is 0.793 bits per heavy atom. The number of benzene rings is 4. The molecule has 0 saturated heterocycles. The molecular weight excluding hydrogens is 364 g/mol. The van der Waals surface area contributed by atoms with Gasteiger partial charge in [-0.05, 0) is 46.7 Å². The molecule has 0 N–H and O–H groups in total. The van der Waals surface area contributed by atoms with Gasteiger partial charge in [0.25, 0.3) is 0 Å². The standard InChI is InChI=1S/C26H19F2N/c1-2-3-17-6-11-23-20(14-17)10-13-24(26(23)28)21-9-12-22(25(27)15-21)19-7-4-18(16-29)5-8-19/h4-15H,2-3H2,1H3.